The van der Waals surface area contributed by atoms with Crippen molar-refractivity contribution in [3.8, 4) is 0 Å². The zero-order chi connectivity index (χ0) is 17.3. The lowest BCUT2D eigenvalue weighted by Crippen LogP contribution is -2.43. The molecule has 0 radical (unpaired) electrons. The molecule has 24 heavy (non-hydrogen) atoms. The molecule has 0 fully saturated rings. The number of benzene rings is 2. The number of imide groups is 1. The third kappa shape index (κ3) is 2.97. The van der Waals surface area contributed by atoms with E-state index in [4.69, 9.17) is 0 Å². The van der Waals surface area contributed by atoms with Crippen LogP contribution in [0.5, 0.6) is 0 Å². The smallest absolute Gasteiger partial charge is 0.261 e. The van der Waals surface area contributed by atoms with Crippen LogP contribution in [0.15, 0.2) is 42.5 Å². The summed E-state index contributed by atoms with van der Waals surface area (Å²) < 4.78 is 0. The van der Waals surface area contributed by atoms with Crippen LogP contribution in [-0.4, -0.2) is 36.3 Å². The minimum atomic E-state index is -0.198. The Morgan fingerprint density at radius 2 is 1.58 bits per heavy atom. The zero-order valence-corrected chi connectivity index (χ0v) is 14.3. The number of nitrogens with zero attached hydrogens (tertiary/aromatic N) is 1. The Hall–Kier alpha value is -2.46. The summed E-state index contributed by atoms with van der Waals surface area (Å²) in [5.74, 6) is -0.396. The molecule has 124 valence electrons. The van der Waals surface area contributed by atoms with Crippen molar-refractivity contribution in [1.29, 1.82) is 0 Å². The fraction of sp³-hybridized carbons (Fsp3) is 0.300. The number of carbonyl (C=O) groups is 2. The maximum absolute atomic E-state index is 12.5. The van der Waals surface area contributed by atoms with E-state index >= 15 is 0 Å². The van der Waals surface area contributed by atoms with Gasteiger partial charge in [-0.3, -0.25) is 14.5 Å². The van der Waals surface area contributed by atoms with Crippen LogP contribution in [-0.2, 0) is 6.42 Å². The van der Waals surface area contributed by atoms with Crippen LogP contribution in [0.2, 0.25) is 0 Å². The van der Waals surface area contributed by atoms with Gasteiger partial charge in [0.1, 0.15) is 0 Å². The van der Waals surface area contributed by atoms with Gasteiger partial charge in [0.05, 0.1) is 11.1 Å². The molecular formula is C20H22N2O2. The van der Waals surface area contributed by atoms with E-state index in [0.717, 1.165) is 6.42 Å². The van der Waals surface area contributed by atoms with Crippen molar-refractivity contribution < 1.29 is 9.59 Å². The van der Waals surface area contributed by atoms with Gasteiger partial charge in [0.2, 0.25) is 0 Å². The number of aryl methyl sites for hydroxylation is 2. The van der Waals surface area contributed by atoms with Crippen molar-refractivity contribution in [1.82, 2.24) is 10.2 Å². The number of likely N-dealkylation sites (N-methyl/N-ethyl adjacent to an activating group) is 1. The Kier molecular flexibility index (Phi) is 4.49. The number of hydrogen-bond acceptors (Lipinski definition) is 3. The Bertz CT molecular complexity index is 763. The van der Waals surface area contributed by atoms with E-state index in [2.05, 4.69) is 37.4 Å². The molecule has 1 atom stereocenters. The summed E-state index contributed by atoms with van der Waals surface area (Å²) in [6.45, 7) is 4.56. The topological polar surface area (TPSA) is 49.4 Å². The lowest BCUT2D eigenvalue weighted by Gasteiger charge is -2.22. The molecule has 0 saturated carbocycles. The average molecular weight is 322 g/mol. The fourth-order valence-electron chi connectivity index (χ4n) is 3.10. The maximum atomic E-state index is 12.5. The Labute approximate surface area is 142 Å². The Balaban J connectivity index is 1.75. The number of nitrogens with one attached hydrogen (secondary N) is 1. The zero-order valence-electron chi connectivity index (χ0n) is 14.3. The number of carbonyl (C=O) groups excluding carboxylic acids is 2. The molecular weight excluding hydrogens is 300 g/mol. The lowest BCUT2D eigenvalue weighted by atomic mass is 10.0. The highest BCUT2D eigenvalue weighted by Gasteiger charge is 2.36. The van der Waals surface area contributed by atoms with Crippen LogP contribution in [0.3, 0.4) is 0 Å². The SMILES string of the molecule is CNC(Cc1ccc(C)c(C)c1)CN1C(=O)c2ccccc2C1=O. The van der Waals surface area contributed by atoms with Gasteiger partial charge in [0, 0.05) is 12.6 Å². The second kappa shape index (κ2) is 6.57. The van der Waals surface area contributed by atoms with Gasteiger partial charge in [-0.05, 0) is 56.1 Å². The molecule has 3 rings (SSSR count). The summed E-state index contributed by atoms with van der Waals surface area (Å²) >= 11 is 0. The second-order valence-electron chi connectivity index (χ2n) is 6.37. The van der Waals surface area contributed by atoms with Crippen LogP contribution in [0.25, 0.3) is 0 Å². The van der Waals surface area contributed by atoms with E-state index in [1.807, 2.05) is 7.05 Å². The van der Waals surface area contributed by atoms with Gasteiger partial charge in [-0.15, -0.1) is 0 Å². The summed E-state index contributed by atoms with van der Waals surface area (Å²) in [6.07, 6.45) is 0.769. The first-order valence-corrected chi connectivity index (χ1v) is 8.20. The molecule has 1 aliphatic heterocycles. The minimum absolute atomic E-state index is 0.0225. The molecule has 1 unspecified atom stereocenters. The first-order chi connectivity index (χ1) is 11.5. The molecule has 1 heterocycles. The van der Waals surface area contributed by atoms with Gasteiger partial charge < -0.3 is 5.32 Å². The van der Waals surface area contributed by atoms with Crippen LogP contribution < -0.4 is 5.32 Å². The number of amides is 2. The van der Waals surface area contributed by atoms with Gasteiger partial charge in [0.25, 0.3) is 11.8 Å². The summed E-state index contributed by atoms with van der Waals surface area (Å²) in [5.41, 5.74) is 4.73. The summed E-state index contributed by atoms with van der Waals surface area (Å²) in [6, 6.07) is 13.4. The van der Waals surface area contributed by atoms with Gasteiger partial charge in [-0.1, -0.05) is 30.3 Å². The molecule has 0 saturated heterocycles. The molecule has 1 aliphatic rings. The van der Waals surface area contributed by atoms with Crippen molar-refractivity contribution in [3.05, 3.63) is 70.3 Å². The van der Waals surface area contributed by atoms with E-state index in [0.29, 0.717) is 17.7 Å². The molecule has 2 aromatic rings. The average Bonchev–Trinajstić information content (AvgIpc) is 2.82. The van der Waals surface area contributed by atoms with E-state index in [1.165, 1.54) is 21.6 Å². The third-order valence-corrected chi connectivity index (χ3v) is 4.74. The maximum Gasteiger partial charge on any atom is 0.261 e. The van der Waals surface area contributed by atoms with Gasteiger partial charge in [-0.2, -0.15) is 0 Å². The van der Waals surface area contributed by atoms with Crippen molar-refractivity contribution in [3.63, 3.8) is 0 Å². The summed E-state index contributed by atoms with van der Waals surface area (Å²) in [5, 5.41) is 3.23. The predicted molar refractivity (Wildman–Crippen MR) is 94.3 cm³/mol. The van der Waals surface area contributed by atoms with Gasteiger partial charge in [0.15, 0.2) is 0 Å². The summed E-state index contributed by atoms with van der Waals surface area (Å²) in [7, 11) is 1.86. The monoisotopic (exact) mass is 322 g/mol. The standard InChI is InChI=1S/C20H22N2O2/c1-13-8-9-15(10-14(13)2)11-16(21-3)12-22-19(23)17-6-4-5-7-18(17)20(22)24/h4-10,16,21H,11-12H2,1-3H3. The largest absolute Gasteiger partial charge is 0.315 e. The first kappa shape index (κ1) is 16.4. The van der Waals surface area contributed by atoms with Crippen LogP contribution in [0, 0.1) is 13.8 Å². The normalized spacial score (nSPS) is 14.9. The highest BCUT2D eigenvalue weighted by Crippen LogP contribution is 2.23. The van der Waals surface area contributed by atoms with Crippen LogP contribution >= 0.6 is 0 Å². The van der Waals surface area contributed by atoms with Crippen molar-refractivity contribution >= 4 is 11.8 Å². The molecule has 0 spiro atoms. The number of fused-ring (bicyclic) bond motifs is 1. The molecule has 0 aliphatic carbocycles. The number of rotatable bonds is 5. The molecule has 4 heteroatoms. The summed E-state index contributed by atoms with van der Waals surface area (Å²) in [4.78, 5) is 26.3. The molecule has 0 bridgehead atoms. The third-order valence-electron chi connectivity index (χ3n) is 4.74. The number of hydrogen-bond donors (Lipinski definition) is 1. The van der Waals surface area contributed by atoms with Gasteiger partial charge in [-0.25, -0.2) is 0 Å². The Morgan fingerprint density at radius 3 is 2.12 bits per heavy atom. The fourth-order valence-corrected chi connectivity index (χ4v) is 3.10. The van der Waals surface area contributed by atoms with Crippen LogP contribution in [0.1, 0.15) is 37.4 Å². The van der Waals surface area contributed by atoms with E-state index in [-0.39, 0.29) is 17.9 Å². The van der Waals surface area contributed by atoms with Gasteiger partial charge >= 0.3 is 0 Å². The molecule has 2 aromatic carbocycles. The molecule has 2 amide bonds. The quantitative estimate of drug-likeness (QED) is 0.861. The highest BCUT2D eigenvalue weighted by atomic mass is 16.2. The molecule has 0 aromatic heterocycles. The molecule has 1 N–H and O–H groups in total. The van der Waals surface area contributed by atoms with Crippen LogP contribution in [0.4, 0.5) is 0 Å². The van der Waals surface area contributed by atoms with E-state index < -0.39 is 0 Å². The highest BCUT2D eigenvalue weighted by molar-refractivity contribution is 6.21. The Morgan fingerprint density at radius 1 is 0.958 bits per heavy atom. The van der Waals surface area contributed by atoms with Crippen molar-refractivity contribution in [2.75, 3.05) is 13.6 Å². The van der Waals surface area contributed by atoms with Crippen molar-refractivity contribution in [2.24, 2.45) is 0 Å². The first-order valence-electron chi connectivity index (χ1n) is 8.20. The second-order valence-corrected chi connectivity index (χ2v) is 6.37. The predicted octanol–water partition coefficient (Wildman–Crippen LogP) is 2.73. The molecule has 4 nitrogen and oxygen atoms in total. The minimum Gasteiger partial charge on any atom is -0.315 e. The lowest BCUT2D eigenvalue weighted by molar-refractivity contribution is 0.0639. The van der Waals surface area contributed by atoms with E-state index in [1.54, 1.807) is 24.3 Å². The van der Waals surface area contributed by atoms with Crippen molar-refractivity contribution in [2.45, 2.75) is 26.3 Å². The van der Waals surface area contributed by atoms with E-state index in [9.17, 15) is 9.59 Å².